The molecule has 2 saturated heterocycles. The molecule has 204 valence electrons. The first kappa shape index (κ1) is 26.3. The highest BCUT2D eigenvalue weighted by molar-refractivity contribution is 6.17. The van der Waals surface area contributed by atoms with Gasteiger partial charge in [-0.1, -0.05) is 25.5 Å². The van der Waals surface area contributed by atoms with Crippen LogP contribution in [0.2, 0.25) is 0 Å². The molecule has 0 aliphatic carbocycles. The van der Waals surface area contributed by atoms with Gasteiger partial charge in [0.05, 0.1) is 17.3 Å². The number of fused-ring (bicyclic) bond motifs is 1. The summed E-state index contributed by atoms with van der Waals surface area (Å²) in [6.07, 6.45) is 2.13. The van der Waals surface area contributed by atoms with Crippen molar-refractivity contribution in [3.05, 3.63) is 59.5 Å². The van der Waals surface area contributed by atoms with E-state index in [1.54, 1.807) is 30.2 Å². The van der Waals surface area contributed by atoms with E-state index in [0.717, 1.165) is 21.4 Å². The predicted octanol–water partition coefficient (Wildman–Crippen LogP) is 3.22. The molecule has 3 heterocycles. The van der Waals surface area contributed by atoms with E-state index in [-0.39, 0.29) is 49.2 Å². The SMILES string of the molecule is Cc1ccc(F)c(C(=O)NC(C(=O)N2CCC3(CC2)C(=O)N(C)C(=O)N3c2ccc3[nH]ncc3c2)C(C)C)c1. The van der Waals surface area contributed by atoms with E-state index in [9.17, 15) is 23.6 Å². The maximum Gasteiger partial charge on any atom is 0.331 e. The predicted molar refractivity (Wildman–Crippen MR) is 143 cm³/mol. The van der Waals surface area contributed by atoms with E-state index in [4.69, 9.17) is 0 Å². The summed E-state index contributed by atoms with van der Waals surface area (Å²) in [5, 5.41) is 10.4. The van der Waals surface area contributed by atoms with Gasteiger partial charge in [-0.05, 0) is 56.0 Å². The molecule has 0 saturated carbocycles. The molecule has 1 spiro atoms. The number of amides is 5. The molecule has 1 aromatic heterocycles. The first-order chi connectivity index (χ1) is 18.5. The first-order valence-corrected chi connectivity index (χ1v) is 12.9. The van der Waals surface area contributed by atoms with Crippen LogP contribution in [0.1, 0.15) is 42.6 Å². The number of halogens is 1. The van der Waals surface area contributed by atoms with Crippen molar-refractivity contribution in [3.63, 3.8) is 0 Å². The number of H-pyrrole nitrogens is 1. The van der Waals surface area contributed by atoms with Crippen LogP contribution in [0.5, 0.6) is 0 Å². The van der Waals surface area contributed by atoms with E-state index in [1.807, 2.05) is 26.0 Å². The lowest BCUT2D eigenvalue weighted by Gasteiger charge is -2.43. The third kappa shape index (κ3) is 4.41. The monoisotopic (exact) mass is 534 g/mol. The number of imide groups is 1. The van der Waals surface area contributed by atoms with Crippen LogP contribution in [-0.2, 0) is 9.59 Å². The molecule has 5 rings (SSSR count). The van der Waals surface area contributed by atoms with Gasteiger partial charge in [-0.2, -0.15) is 5.10 Å². The zero-order valence-electron chi connectivity index (χ0n) is 22.3. The zero-order chi connectivity index (χ0) is 28.1. The lowest BCUT2D eigenvalue weighted by atomic mass is 9.85. The van der Waals surface area contributed by atoms with Crippen LogP contribution in [0.15, 0.2) is 42.6 Å². The van der Waals surface area contributed by atoms with Crippen LogP contribution >= 0.6 is 0 Å². The highest BCUT2D eigenvalue weighted by Gasteiger charge is 2.58. The van der Waals surface area contributed by atoms with Gasteiger partial charge in [0.1, 0.15) is 17.4 Å². The summed E-state index contributed by atoms with van der Waals surface area (Å²) in [4.78, 5) is 57.4. The molecule has 11 heteroatoms. The Morgan fingerprint density at radius 1 is 1.10 bits per heavy atom. The van der Waals surface area contributed by atoms with Gasteiger partial charge in [-0.15, -0.1) is 0 Å². The van der Waals surface area contributed by atoms with E-state index >= 15 is 0 Å². The minimum Gasteiger partial charge on any atom is -0.341 e. The van der Waals surface area contributed by atoms with Crippen molar-refractivity contribution in [1.82, 2.24) is 25.3 Å². The topological polar surface area (TPSA) is 119 Å². The summed E-state index contributed by atoms with van der Waals surface area (Å²) in [6.45, 7) is 5.81. The quantitative estimate of drug-likeness (QED) is 0.488. The summed E-state index contributed by atoms with van der Waals surface area (Å²) in [7, 11) is 1.47. The molecule has 1 unspecified atom stereocenters. The maximum absolute atomic E-state index is 14.3. The molecule has 2 N–H and O–H groups in total. The second-order valence-corrected chi connectivity index (χ2v) is 10.7. The van der Waals surface area contributed by atoms with Crippen LogP contribution in [0, 0.1) is 18.7 Å². The summed E-state index contributed by atoms with van der Waals surface area (Å²) in [6, 6.07) is 8.36. The number of anilines is 1. The fraction of sp³-hybridized carbons (Fsp3) is 0.393. The molecule has 1 atom stereocenters. The van der Waals surface area contributed by atoms with Crippen LogP contribution in [-0.4, -0.2) is 75.5 Å². The Balaban J connectivity index is 1.36. The largest absolute Gasteiger partial charge is 0.341 e. The van der Waals surface area contributed by atoms with Crippen molar-refractivity contribution in [2.24, 2.45) is 5.92 Å². The van der Waals surface area contributed by atoms with E-state index in [0.29, 0.717) is 5.69 Å². The zero-order valence-corrected chi connectivity index (χ0v) is 22.3. The Bertz CT molecular complexity index is 1480. The third-order valence-electron chi connectivity index (χ3n) is 7.78. The molecule has 3 aromatic rings. The second-order valence-electron chi connectivity index (χ2n) is 10.7. The number of carbonyl (C=O) groups is 4. The Labute approximate surface area is 225 Å². The lowest BCUT2D eigenvalue weighted by molar-refractivity contribution is -0.139. The first-order valence-electron chi connectivity index (χ1n) is 12.9. The number of aryl methyl sites for hydroxylation is 1. The standard InChI is InChI=1S/C28H31FN6O4/c1-16(2)23(31-24(36)20-13-17(3)5-7-21(20)29)25(37)34-11-9-28(10-12-34)26(38)33(4)27(39)35(28)19-6-8-22-18(14-19)15-30-32-22/h5-8,13-16,23H,9-12H2,1-4H3,(H,30,32)(H,31,36). The maximum atomic E-state index is 14.3. The molecule has 2 aromatic carbocycles. The minimum absolute atomic E-state index is 0.116. The number of carbonyl (C=O) groups excluding carboxylic acids is 4. The fourth-order valence-electron chi connectivity index (χ4n) is 5.53. The molecular weight excluding hydrogens is 503 g/mol. The number of hydrogen-bond donors (Lipinski definition) is 2. The smallest absolute Gasteiger partial charge is 0.331 e. The Hall–Kier alpha value is -4.28. The van der Waals surface area contributed by atoms with Crippen LogP contribution in [0.25, 0.3) is 10.9 Å². The van der Waals surface area contributed by atoms with E-state index in [2.05, 4.69) is 15.5 Å². The lowest BCUT2D eigenvalue weighted by Crippen LogP contribution is -2.60. The molecule has 39 heavy (non-hydrogen) atoms. The van der Waals surface area contributed by atoms with Gasteiger partial charge in [-0.25, -0.2) is 9.18 Å². The summed E-state index contributed by atoms with van der Waals surface area (Å²) < 4.78 is 14.3. The van der Waals surface area contributed by atoms with Crippen molar-refractivity contribution in [3.8, 4) is 0 Å². The molecule has 0 bridgehead atoms. The molecule has 2 fully saturated rings. The van der Waals surface area contributed by atoms with E-state index in [1.165, 1.54) is 24.1 Å². The van der Waals surface area contributed by atoms with Gasteiger partial charge in [0.2, 0.25) is 5.91 Å². The minimum atomic E-state index is -1.12. The van der Waals surface area contributed by atoms with Gasteiger partial charge < -0.3 is 10.2 Å². The normalized spacial score (nSPS) is 17.9. The van der Waals surface area contributed by atoms with Gasteiger partial charge in [0.25, 0.3) is 11.8 Å². The average molecular weight is 535 g/mol. The number of aromatic amines is 1. The van der Waals surface area contributed by atoms with E-state index < -0.39 is 29.3 Å². The number of rotatable bonds is 5. The average Bonchev–Trinajstić information content (AvgIpc) is 3.45. The summed E-state index contributed by atoms with van der Waals surface area (Å²) in [5.41, 5.74) is 0.883. The van der Waals surface area contributed by atoms with Crippen molar-refractivity contribution in [1.29, 1.82) is 0 Å². The van der Waals surface area contributed by atoms with Crippen LogP contribution in [0.3, 0.4) is 0 Å². The molecule has 0 radical (unpaired) electrons. The Kier molecular flexibility index (Phi) is 6.61. The molecule has 2 aliphatic heterocycles. The third-order valence-corrected chi connectivity index (χ3v) is 7.78. The number of aromatic nitrogens is 2. The summed E-state index contributed by atoms with van der Waals surface area (Å²) >= 11 is 0. The van der Waals surface area contributed by atoms with Crippen molar-refractivity contribution >= 4 is 40.3 Å². The number of hydrogen-bond acceptors (Lipinski definition) is 5. The van der Waals surface area contributed by atoms with Crippen molar-refractivity contribution in [2.45, 2.75) is 45.2 Å². The second kappa shape index (κ2) is 9.79. The highest BCUT2D eigenvalue weighted by Crippen LogP contribution is 2.41. The van der Waals surface area contributed by atoms with Gasteiger partial charge in [0.15, 0.2) is 0 Å². The number of likely N-dealkylation sites (tertiary alicyclic amines) is 1. The molecule has 2 aliphatic rings. The number of piperidine rings is 1. The highest BCUT2D eigenvalue weighted by atomic mass is 19.1. The number of likely N-dealkylation sites (N-methyl/N-ethyl adjacent to an activating group) is 1. The van der Waals surface area contributed by atoms with Crippen molar-refractivity contribution in [2.75, 3.05) is 25.0 Å². The number of urea groups is 1. The fourth-order valence-corrected chi connectivity index (χ4v) is 5.53. The Morgan fingerprint density at radius 3 is 2.51 bits per heavy atom. The van der Waals surface area contributed by atoms with Gasteiger partial charge >= 0.3 is 6.03 Å². The van der Waals surface area contributed by atoms with Gasteiger partial charge in [0, 0.05) is 31.2 Å². The summed E-state index contributed by atoms with van der Waals surface area (Å²) in [5.74, 6) is -2.19. The number of nitrogens with one attached hydrogen (secondary N) is 2. The number of benzene rings is 2. The molecule has 10 nitrogen and oxygen atoms in total. The molecule has 5 amide bonds. The van der Waals surface area contributed by atoms with Crippen molar-refractivity contribution < 1.29 is 23.6 Å². The van der Waals surface area contributed by atoms with Crippen LogP contribution in [0.4, 0.5) is 14.9 Å². The van der Waals surface area contributed by atoms with Crippen LogP contribution < -0.4 is 10.2 Å². The number of nitrogens with zero attached hydrogens (tertiary/aromatic N) is 4. The Morgan fingerprint density at radius 2 is 1.82 bits per heavy atom. The van der Waals surface area contributed by atoms with Gasteiger partial charge in [-0.3, -0.25) is 29.3 Å². The molecular formula is C28H31FN6O4.